The Balaban J connectivity index is 4.52. The minimum Gasteiger partial charge on any atom is -0.462 e. The molecule has 1 atom stereocenters. The first kappa shape index (κ1) is 63.3. The molecule has 0 aromatic carbocycles. The molecule has 0 aromatic rings. The molecule has 0 unspecified atom stereocenters. The maximum atomic E-state index is 12.8. The van der Waals surface area contributed by atoms with E-state index in [1.807, 2.05) is 6.08 Å². The zero-order valence-electron chi connectivity index (χ0n) is 43.6. The first-order valence-corrected chi connectivity index (χ1v) is 27.7. The lowest BCUT2D eigenvalue weighted by atomic mass is 10.1. The first-order chi connectivity index (χ1) is 33.0. The lowest BCUT2D eigenvalue weighted by Gasteiger charge is -2.18. The Hall–Kier alpha value is -3.67. The van der Waals surface area contributed by atoms with Gasteiger partial charge in [-0.05, 0) is 116 Å². The lowest BCUT2D eigenvalue weighted by Crippen LogP contribution is -2.30. The Morgan fingerprint density at radius 1 is 0.299 bits per heavy atom. The standard InChI is InChI=1S/C61H102O6/c1-4-7-10-13-16-19-22-25-27-29-30-32-33-36-39-42-45-48-51-54-60(63)66-57-58(56-65-59(62)53-50-47-44-41-38-35-24-21-18-15-12-9-6-3)67-61(64)55-52-49-46-43-40-37-34-31-28-26-23-20-17-14-11-8-5-2/h16-17,19-21,24-28,30,32,36,39,45,48,58H,4-15,18,22-23,29,31,33-35,37-38,40-44,46-47,49-57H2,1-3H3/b19-16-,20-17-,24-21-,27-25-,28-26-,32-30-,39-36-,48-45-/t58-/m0/s1. The van der Waals surface area contributed by atoms with Gasteiger partial charge in [0, 0.05) is 19.3 Å². The van der Waals surface area contributed by atoms with E-state index in [1.54, 1.807) is 0 Å². The topological polar surface area (TPSA) is 78.9 Å². The average Bonchev–Trinajstić information content (AvgIpc) is 3.33. The highest BCUT2D eigenvalue weighted by atomic mass is 16.6. The Morgan fingerprint density at radius 3 is 0.970 bits per heavy atom. The van der Waals surface area contributed by atoms with E-state index in [4.69, 9.17) is 14.2 Å². The first-order valence-electron chi connectivity index (χ1n) is 27.7. The molecule has 0 amide bonds. The number of unbranched alkanes of at least 4 members (excludes halogenated alkanes) is 22. The fraction of sp³-hybridized carbons (Fsp3) is 0.689. The smallest absolute Gasteiger partial charge is 0.306 e. The lowest BCUT2D eigenvalue weighted by molar-refractivity contribution is -0.166. The van der Waals surface area contributed by atoms with Crippen molar-refractivity contribution in [2.75, 3.05) is 13.2 Å². The van der Waals surface area contributed by atoms with Gasteiger partial charge < -0.3 is 14.2 Å². The van der Waals surface area contributed by atoms with Gasteiger partial charge in [0.05, 0.1) is 0 Å². The third-order valence-corrected chi connectivity index (χ3v) is 11.5. The second kappa shape index (κ2) is 54.9. The molecule has 0 rings (SSSR count). The number of rotatable bonds is 49. The van der Waals surface area contributed by atoms with Gasteiger partial charge in [0.15, 0.2) is 6.10 Å². The monoisotopic (exact) mass is 931 g/mol. The molecule has 0 bridgehead atoms. The molecule has 0 aliphatic heterocycles. The summed E-state index contributed by atoms with van der Waals surface area (Å²) in [5.74, 6) is -1.01. The van der Waals surface area contributed by atoms with Crippen molar-refractivity contribution < 1.29 is 28.6 Å². The summed E-state index contributed by atoms with van der Waals surface area (Å²) >= 11 is 0. The molecule has 0 aliphatic carbocycles. The Bertz CT molecular complexity index is 1350. The van der Waals surface area contributed by atoms with Crippen molar-refractivity contribution in [1.29, 1.82) is 0 Å². The van der Waals surface area contributed by atoms with Crippen molar-refractivity contribution in [2.45, 2.75) is 258 Å². The summed E-state index contributed by atoms with van der Waals surface area (Å²) in [4.78, 5) is 38.0. The normalized spacial score (nSPS) is 12.8. The molecule has 0 saturated heterocycles. The molecular formula is C61H102O6. The highest BCUT2D eigenvalue weighted by Gasteiger charge is 2.19. The van der Waals surface area contributed by atoms with Crippen molar-refractivity contribution in [3.05, 3.63) is 97.2 Å². The largest absolute Gasteiger partial charge is 0.462 e. The van der Waals surface area contributed by atoms with E-state index in [2.05, 4.69) is 112 Å². The Morgan fingerprint density at radius 2 is 0.567 bits per heavy atom. The predicted molar refractivity (Wildman–Crippen MR) is 288 cm³/mol. The summed E-state index contributed by atoms with van der Waals surface area (Å²) in [6.45, 7) is 6.49. The van der Waals surface area contributed by atoms with Crippen LogP contribution in [-0.4, -0.2) is 37.2 Å². The molecule has 0 N–H and O–H groups in total. The number of esters is 3. The minimum atomic E-state index is -0.816. The maximum Gasteiger partial charge on any atom is 0.306 e. The van der Waals surface area contributed by atoms with Crippen molar-refractivity contribution in [3.63, 3.8) is 0 Å². The van der Waals surface area contributed by atoms with Crippen LogP contribution in [0.2, 0.25) is 0 Å². The number of hydrogen-bond acceptors (Lipinski definition) is 6. The van der Waals surface area contributed by atoms with Crippen LogP contribution in [0, 0.1) is 0 Å². The van der Waals surface area contributed by atoms with Crippen LogP contribution in [0.4, 0.5) is 0 Å². The Kier molecular flexibility index (Phi) is 51.9. The number of allylic oxidation sites excluding steroid dienone is 16. The number of ether oxygens (including phenoxy) is 3. The molecule has 0 aliphatic rings. The second-order valence-electron chi connectivity index (χ2n) is 18.1. The van der Waals surface area contributed by atoms with Crippen LogP contribution in [0.25, 0.3) is 0 Å². The molecule has 0 radical (unpaired) electrons. The highest BCUT2D eigenvalue weighted by molar-refractivity contribution is 5.71. The van der Waals surface area contributed by atoms with Gasteiger partial charge in [0.1, 0.15) is 13.2 Å². The summed E-state index contributed by atoms with van der Waals surface area (Å²) in [7, 11) is 0. The van der Waals surface area contributed by atoms with E-state index in [9.17, 15) is 14.4 Å². The predicted octanol–water partition coefficient (Wildman–Crippen LogP) is 18.5. The number of carbonyl (C=O) groups excluding carboxylic acids is 3. The van der Waals surface area contributed by atoms with Gasteiger partial charge in [-0.2, -0.15) is 0 Å². The van der Waals surface area contributed by atoms with Crippen LogP contribution < -0.4 is 0 Å². The number of hydrogen-bond donors (Lipinski definition) is 0. The van der Waals surface area contributed by atoms with E-state index in [-0.39, 0.29) is 37.5 Å². The van der Waals surface area contributed by atoms with Crippen LogP contribution in [0.15, 0.2) is 97.2 Å². The zero-order chi connectivity index (χ0) is 48.6. The van der Waals surface area contributed by atoms with Gasteiger partial charge >= 0.3 is 17.9 Å². The van der Waals surface area contributed by atoms with E-state index in [1.165, 1.54) is 116 Å². The molecule has 0 aromatic heterocycles. The van der Waals surface area contributed by atoms with Crippen LogP contribution >= 0.6 is 0 Å². The summed E-state index contributed by atoms with van der Waals surface area (Å²) in [5.41, 5.74) is 0. The van der Waals surface area contributed by atoms with Crippen molar-refractivity contribution >= 4 is 17.9 Å². The molecule has 0 spiro atoms. The molecule has 0 heterocycles. The van der Waals surface area contributed by atoms with Gasteiger partial charge in [-0.15, -0.1) is 0 Å². The van der Waals surface area contributed by atoms with Crippen molar-refractivity contribution in [1.82, 2.24) is 0 Å². The summed E-state index contributed by atoms with van der Waals surface area (Å²) < 4.78 is 16.8. The summed E-state index contributed by atoms with van der Waals surface area (Å²) in [6.07, 6.45) is 72.6. The van der Waals surface area contributed by atoms with Crippen LogP contribution in [-0.2, 0) is 28.6 Å². The molecule has 6 nitrogen and oxygen atoms in total. The van der Waals surface area contributed by atoms with Gasteiger partial charge in [-0.1, -0.05) is 214 Å². The van der Waals surface area contributed by atoms with Crippen LogP contribution in [0.1, 0.15) is 252 Å². The average molecular weight is 931 g/mol. The summed E-state index contributed by atoms with van der Waals surface area (Å²) in [6, 6.07) is 0. The maximum absolute atomic E-state index is 12.8. The molecular weight excluding hydrogens is 829 g/mol. The van der Waals surface area contributed by atoms with Gasteiger partial charge in [-0.25, -0.2) is 0 Å². The van der Waals surface area contributed by atoms with Crippen molar-refractivity contribution in [3.8, 4) is 0 Å². The van der Waals surface area contributed by atoms with Gasteiger partial charge in [0.2, 0.25) is 0 Å². The quantitative estimate of drug-likeness (QED) is 0.0262. The molecule has 0 saturated carbocycles. The van der Waals surface area contributed by atoms with Crippen LogP contribution in [0.3, 0.4) is 0 Å². The fourth-order valence-corrected chi connectivity index (χ4v) is 7.33. The molecule has 6 heteroatoms. The van der Waals surface area contributed by atoms with Crippen molar-refractivity contribution in [2.24, 2.45) is 0 Å². The van der Waals surface area contributed by atoms with Gasteiger partial charge in [-0.3, -0.25) is 14.4 Å². The summed E-state index contributed by atoms with van der Waals surface area (Å²) in [5, 5.41) is 0. The van der Waals surface area contributed by atoms with Crippen LogP contribution in [0.5, 0.6) is 0 Å². The fourth-order valence-electron chi connectivity index (χ4n) is 7.33. The molecule has 67 heavy (non-hydrogen) atoms. The third-order valence-electron chi connectivity index (χ3n) is 11.5. The SMILES string of the molecule is CCCCC/C=C\C/C=C\C/C=C\C/C=C\C/C=C\CCC(=O)OC[C@H](COC(=O)CCCCCCC/C=C\CCCCCC)OC(=O)CCCCCCCCC/C=C\C/C=C\CCCCC. The van der Waals surface area contributed by atoms with E-state index >= 15 is 0 Å². The third kappa shape index (κ3) is 53.2. The van der Waals surface area contributed by atoms with Gasteiger partial charge in [0.25, 0.3) is 0 Å². The highest BCUT2D eigenvalue weighted by Crippen LogP contribution is 2.13. The van der Waals surface area contributed by atoms with E-state index < -0.39 is 6.10 Å². The second-order valence-corrected chi connectivity index (χ2v) is 18.1. The minimum absolute atomic E-state index is 0.109. The number of carbonyl (C=O) groups is 3. The Labute approximate surface area is 413 Å². The molecule has 382 valence electrons. The van der Waals surface area contributed by atoms with E-state index in [0.717, 1.165) is 89.9 Å². The van der Waals surface area contributed by atoms with E-state index in [0.29, 0.717) is 19.3 Å². The molecule has 0 fully saturated rings. The zero-order valence-corrected chi connectivity index (χ0v) is 43.6.